The van der Waals surface area contributed by atoms with Gasteiger partial charge in [0.15, 0.2) is 0 Å². The van der Waals surface area contributed by atoms with Crippen LogP contribution in [0.15, 0.2) is 73.3 Å². The highest BCUT2D eigenvalue weighted by Crippen LogP contribution is 2.28. The van der Waals surface area contributed by atoms with Crippen molar-refractivity contribution in [2.75, 3.05) is 0 Å². The molecule has 3 atom stereocenters. The van der Waals surface area contributed by atoms with E-state index >= 15 is 0 Å². The molecule has 1 fully saturated rings. The Labute approximate surface area is 267 Å². The Hall–Kier alpha value is -4.07. The molecule has 0 saturated carbocycles. The Balaban J connectivity index is 1.55. The van der Waals surface area contributed by atoms with Gasteiger partial charge in [-0.15, -0.1) is 0 Å². The van der Waals surface area contributed by atoms with Crippen molar-refractivity contribution >= 4 is 17.9 Å². The lowest BCUT2D eigenvalue weighted by molar-refractivity contribution is -0.158. The minimum atomic E-state index is -0.730. The zero-order chi connectivity index (χ0) is 32.4. The van der Waals surface area contributed by atoms with Gasteiger partial charge in [0.2, 0.25) is 6.29 Å². The molecule has 3 rings (SSSR count). The average molecular weight is 621 g/mol. The number of carbonyl (C=O) groups excluding carboxylic acids is 3. The van der Waals surface area contributed by atoms with E-state index in [0.29, 0.717) is 41.2 Å². The van der Waals surface area contributed by atoms with E-state index in [0.717, 1.165) is 57.4 Å². The molecule has 8 nitrogen and oxygen atoms in total. The third-order valence-corrected chi connectivity index (χ3v) is 7.64. The second-order valence-electron chi connectivity index (χ2n) is 11.4. The van der Waals surface area contributed by atoms with Crippen molar-refractivity contribution in [3.63, 3.8) is 0 Å². The van der Waals surface area contributed by atoms with Crippen molar-refractivity contribution in [3.05, 3.63) is 78.9 Å². The fourth-order valence-electron chi connectivity index (χ4n) is 5.05. The molecule has 1 aliphatic heterocycles. The second-order valence-corrected chi connectivity index (χ2v) is 11.4. The predicted molar refractivity (Wildman–Crippen MR) is 173 cm³/mol. The Bertz CT molecular complexity index is 1220. The number of hydrogen-bond donors (Lipinski definition) is 0. The second kappa shape index (κ2) is 19.3. The van der Waals surface area contributed by atoms with Crippen LogP contribution in [0.3, 0.4) is 0 Å². The van der Waals surface area contributed by atoms with Gasteiger partial charge >= 0.3 is 17.9 Å². The Morgan fingerprint density at radius 1 is 0.822 bits per heavy atom. The van der Waals surface area contributed by atoms with Gasteiger partial charge in [0, 0.05) is 24.5 Å². The molecule has 0 N–H and O–H groups in total. The largest absolute Gasteiger partial charge is 0.487 e. The Kier molecular flexibility index (Phi) is 15.2. The van der Waals surface area contributed by atoms with Gasteiger partial charge in [-0.1, -0.05) is 78.4 Å². The summed E-state index contributed by atoms with van der Waals surface area (Å²) < 4.78 is 28.6. The molecular weight excluding hydrogens is 572 g/mol. The van der Waals surface area contributed by atoms with Crippen molar-refractivity contribution in [2.45, 2.75) is 116 Å². The summed E-state index contributed by atoms with van der Waals surface area (Å²) in [5.74, 6) is -0.0142. The van der Waals surface area contributed by atoms with Crippen LogP contribution in [0.2, 0.25) is 0 Å². The van der Waals surface area contributed by atoms with Crippen molar-refractivity contribution in [1.29, 1.82) is 0 Å². The van der Waals surface area contributed by atoms with Crippen LogP contribution < -0.4 is 14.2 Å². The lowest BCUT2D eigenvalue weighted by Gasteiger charge is -2.24. The summed E-state index contributed by atoms with van der Waals surface area (Å²) in [4.78, 5) is 36.6. The van der Waals surface area contributed by atoms with Crippen LogP contribution in [0.25, 0.3) is 0 Å². The molecule has 244 valence electrons. The van der Waals surface area contributed by atoms with E-state index in [9.17, 15) is 14.4 Å². The molecule has 1 saturated heterocycles. The molecule has 0 spiro atoms. The summed E-state index contributed by atoms with van der Waals surface area (Å²) in [6, 6.07) is 13.3. The molecular formula is C37H48O8. The average Bonchev–Trinajstić information content (AvgIpc) is 3.38. The maximum atomic E-state index is 12.8. The Morgan fingerprint density at radius 3 is 1.96 bits per heavy atom. The Morgan fingerprint density at radius 2 is 1.38 bits per heavy atom. The highest BCUT2D eigenvalue weighted by Gasteiger charge is 2.35. The van der Waals surface area contributed by atoms with E-state index < -0.39 is 18.2 Å². The van der Waals surface area contributed by atoms with Crippen LogP contribution in [0.4, 0.5) is 0 Å². The predicted octanol–water partition coefficient (Wildman–Crippen LogP) is 8.68. The van der Waals surface area contributed by atoms with Crippen LogP contribution in [0, 0.1) is 0 Å². The number of cyclic esters (lactones) is 1. The molecule has 0 aromatic heterocycles. The van der Waals surface area contributed by atoms with E-state index in [-0.39, 0.29) is 18.2 Å². The molecule has 2 aromatic rings. The van der Waals surface area contributed by atoms with Gasteiger partial charge in [-0.05, 0) is 67.8 Å². The third-order valence-electron chi connectivity index (χ3n) is 7.64. The molecule has 1 aliphatic rings. The standard InChI is InChI=1S/C37H48O8/c1-5-8-10-12-14-16-32(33-26-27(4)36(39)44-33)41-29-20-18-28(19-21-29)37(40)43-31-24-22-30(23-25-31)42-35(45-34(38)7-3)17-15-13-11-9-6-2/h7,18-25,32-33,35H,3-6,8-17,26H2,1-2H3. The summed E-state index contributed by atoms with van der Waals surface area (Å²) in [6.45, 7) is 11.6. The van der Waals surface area contributed by atoms with Gasteiger partial charge in [-0.2, -0.15) is 0 Å². The minimum Gasteiger partial charge on any atom is -0.487 e. The molecule has 1 heterocycles. The maximum absolute atomic E-state index is 12.8. The van der Waals surface area contributed by atoms with Crippen LogP contribution in [-0.2, 0) is 19.1 Å². The molecule has 0 radical (unpaired) electrons. The quantitative estimate of drug-likeness (QED) is 0.0450. The van der Waals surface area contributed by atoms with Gasteiger partial charge in [0.25, 0.3) is 0 Å². The van der Waals surface area contributed by atoms with Crippen LogP contribution in [0.1, 0.15) is 108 Å². The maximum Gasteiger partial charge on any atom is 0.343 e. The zero-order valence-corrected chi connectivity index (χ0v) is 26.8. The van der Waals surface area contributed by atoms with Gasteiger partial charge < -0.3 is 23.7 Å². The van der Waals surface area contributed by atoms with Crippen molar-refractivity contribution < 1.29 is 38.1 Å². The molecule has 0 bridgehead atoms. The highest BCUT2D eigenvalue weighted by molar-refractivity contribution is 5.91. The van der Waals surface area contributed by atoms with Crippen molar-refractivity contribution in [2.24, 2.45) is 0 Å². The number of rotatable bonds is 21. The van der Waals surface area contributed by atoms with Gasteiger partial charge in [0.05, 0.1) is 5.56 Å². The van der Waals surface area contributed by atoms with Crippen LogP contribution in [-0.4, -0.2) is 36.4 Å². The number of benzene rings is 2. The first kappa shape index (κ1) is 35.4. The lowest BCUT2D eigenvalue weighted by atomic mass is 10.0. The zero-order valence-electron chi connectivity index (χ0n) is 26.8. The first-order valence-corrected chi connectivity index (χ1v) is 16.3. The number of carbonyl (C=O) groups is 3. The van der Waals surface area contributed by atoms with Gasteiger partial charge in [-0.25, -0.2) is 14.4 Å². The first-order valence-electron chi connectivity index (χ1n) is 16.3. The molecule has 0 amide bonds. The first-order chi connectivity index (χ1) is 21.8. The third kappa shape index (κ3) is 12.4. The minimum absolute atomic E-state index is 0.297. The summed E-state index contributed by atoms with van der Waals surface area (Å²) in [5, 5.41) is 0. The molecule has 8 heteroatoms. The summed E-state index contributed by atoms with van der Waals surface area (Å²) in [5.41, 5.74) is 0.824. The molecule has 45 heavy (non-hydrogen) atoms. The summed E-state index contributed by atoms with van der Waals surface area (Å²) in [7, 11) is 0. The number of ether oxygens (including phenoxy) is 5. The number of hydrogen-bond acceptors (Lipinski definition) is 8. The highest BCUT2D eigenvalue weighted by atomic mass is 16.7. The topological polar surface area (TPSA) is 97.4 Å². The number of unbranched alkanes of at least 4 members (excludes halogenated alkanes) is 8. The monoisotopic (exact) mass is 620 g/mol. The van der Waals surface area contributed by atoms with Gasteiger partial charge in [-0.3, -0.25) is 0 Å². The van der Waals surface area contributed by atoms with Crippen molar-refractivity contribution in [3.8, 4) is 17.2 Å². The SMILES string of the molecule is C=CC(=O)OC(CCCCCCC)Oc1ccc(OC(=O)c2ccc(OC(CCCCCCC)C3CC(=C)C(=O)O3)cc2)cc1. The molecule has 2 aromatic carbocycles. The van der Waals surface area contributed by atoms with Crippen LogP contribution >= 0.6 is 0 Å². The fourth-order valence-corrected chi connectivity index (χ4v) is 5.05. The molecule has 3 unspecified atom stereocenters. The smallest absolute Gasteiger partial charge is 0.343 e. The van der Waals surface area contributed by atoms with E-state index in [4.69, 9.17) is 23.7 Å². The molecule has 0 aliphatic carbocycles. The van der Waals surface area contributed by atoms with Crippen LogP contribution in [0.5, 0.6) is 17.2 Å². The van der Waals surface area contributed by atoms with E-state index in [1.54, 1.807) is 48.5 Å². The van der Waals surface area contributed by atoms with Gasteiger partial charge in [0.1, 0.15) is 29.5 Å². The summed E-state index contributed by atoms with van der Waals surface area (Å²) in [6.07, 6.45) is 12.5. The summed E-state index contributed by atoms with van der Waals surface area (Å²) >= 11 is 0. The van der Waals surface area contributed by atoms with E-state index in [1.165, 1.54) is 19.3 Å². The number of esters is 3. The van der Waals surface area contributed by atoms with E-state index in [2.05, 4.69) is 27.0 Å². The normalized spacial score (nSPS) is 15.6. The fraction of sp³-hybridized carbons (Fsp3) is 0.486. The van der Waals surface area contributed by atoms with Crippen molar-refractivity contribution in [1.82, 2.24) is 0 Å². The lowest BCUT2D eigenvalue weighted by Crippen LogP contribution is -2.31. The van der Waals surface area contributed by atoms with E-state index in [1.807, 2.05) is 0 Å².